The molecule has 1 aliphatic rings. The van der Waals surface area contributed by atoms with E-state index in [0.717, 1.165) is 11.4 Å². The lowest BCUT2D eigenvalue weighted by Crippen LogP contribution is -2.18. The number of hydrogen-bond donors (Lipinski definition) is 2. The van der Waals surface area contributed by atoms with Crippen LogP contribution < -0.4 is 11.1 Å². The molecule has 0 spiro atoms. The van der Waals surface area contributed by atoms with E-state index in [-0.39, 0.29) is 0 Å². The average molecular weight is 204 g/mol. The summed E-state index contributed by atoms with van der Waals surface area (Å²) in [5, 5.41) is 3.54. The van der Waals surface area contributed by atoms with Crippen LogP contribution in [0.15, 0.2) is 24.3 Å². The molecule has 1 fully saturated rings. The van der Waals surface area contributed by atoms with Gasteiger partial charge >= 0.3 is 0 Å². The molecule has 1 aromatic carbocycles. The van der Waals surface area contributed by atoms with E-state index in [2.05, 4.69) is 25.2 Å². The molecule has 0 radical (unpaired) electrons. The van der Waals surface area contributed by atoms with Crippen molar-refractivity contribution >= 4 is 11.4 Å². The van der Waals surface area contributed by atoms with Crippen LogP contribution in [0.2, 0.25) is 0 Å². The third kappa shape index (κ3) is 2.44. The second-order valence-electron chi connectivity index (χ2n) is 5.34. The Balaban J connectivity index is 2.02. The Morgan fingerprint density at radius 1 is 1.33 bits per heavy atom. The predicted molar refractivity (Wildman–Crippen MR) is 65.9 cm³/mol. The Kier molecular flexibility index (Phi) is 2.59. The van der Waals surface area contributed by atoms with Crippen molar-refractivity contribution in [2.75, 3.05) is 11.1 Å². The number of nitrogen functional groups attached to an aromatic ring is 1. The second kappa shape index (κ2) is 3.76. The van der Waals surface area contributed by atoms with Crippen LogP contribution >= 0.6 is 0 Å². The summed E-state index contributed by atoms with van der Waals surface area (Å²) >= 11 is 0. The first-order valence-corrected chi connectivity index (χ1v) is 5.68. The average Bonchev–Trinajstić information content (AvgIpc) is 2.50. The Hall–Kier alpha value is -1.18. The zero-order chi connectivity index (χ0) is 10.9. The van der Waals surface area contributed by atoms with Gasteiger partial charge in [-0.25, -0.2) is 0 Å². The number of anilines is 2. The predicted octanol–water partition coefficient (Wildman–Crippen LogP) is 3.26. The molecule has 15 heavy (non-hydrogen) atoms. The summed E-state index contributed by atoms with van der Waals surface area (Å²) in [7, 11) is 0. The molecule has 1 saturated carbocycles. The molecule has 0 amide bonds. The Labute approximate surface area is 91.9 Å². The monoisotopic (exact) mass is 204 g/mol. The smallest absolute Gasteiger partial charge is 0.0576 e. The molecule has 0 aliphatic heterocycles. The van der Waals surface area contributed by atoms with Gasteiger partial charge < -0.3 is 11.1 Å². The van der Waals surface area contributed by atoms with Gasteiger partial charge in [-0.2, -0.15) is 0 Å². The maximum Gasteiger partial charge on any atom is 0.0576 e. The highest BCUT2D eigenvalue weighted by Gasteiger charge is 2.30. The molecule has 3 N–H and O–H groups in total. The van der Waals surface area contributed by atoms with Crippen LogP contribution in [0.25, 0.3) is 0 Å². The quantitative estimate of drug-likeness (QED) is 0.726. The van der Waals surface area contributed by atoms with E-state index in [1.54, 1.807) is 0 Å². The van der Waals surface area contributed by atoms with Crippen molar-refractivity contribution in [2.24, 2.45) is 5.41 Å². The molecule has 2 nitrogen and oxygen atoms in total. The molecule has 2 heteroatoms. The molecule has 0 bridgehead atoms. The normalized spacial score (nSPS) is 24.0. The lowest BCUT2D eigenvalue weighted by atomic mass is 9.92. The van der Waals surface area contributed by atoms with Crippen LogP contribution in [0, 0.1) is 5.41 Å². The first-order chi connectivity index (χ1) is 7.07. The minimum atomic E-state index is 0.487. The maximum atomic E-state index is 5.90. The molecule has 0 heterocycles. The summed E-state index contributed by atoms with van der Waals surface area (Å²) < 4.78 is 0. The Morgan fingerprint density at radius 2 is 2.07 bits per heavy atom. The van der Waals surface area contributed by atoms with Gasteiger partial charge in [-0.15, -0.1) is 0 Å². The van der Waals surface area contributed by atoms with Gasteiger partial charge in [0.15, 0.2) is 0 Å². The standard InChI is InChI=1S/C13H20N2/c1-13(2)8-7-10(9-13)15-12-6-4-3-5-11(12)14/h3-6,10,15H,7-9,14H2,1-2H3. The lowest BCUT2D eigenvalue weighted by Gasteiger charge is -2.19. The van der Waals surface area contributed by atoms with E-state index in [1.807, 2.05) is 18.2 Å². The van der Waals surface area contributed by atoms with E-state index in [4.69, 9.17) is 5.73 Å². The minimum absolute atomic E-state index is 0.487. The van der Waals surface area contributed by atoms with Crippen LogP contribution in [0.5, 0.6) is 0 Å². The fraction of sp³-hybridized carbons (Fsp3) is 0.538. The molecule has 1 aromatic rings. The summed E-state index contributed by atoms with van der Waals surface area (Å²) in [6, 6.07) is 8.59. The van der Waals surface area contributed by atoms with Crippen LogP contribution in [-0.2, 0) is 0 Å². The highest BCUT2D eigenvalue weighted by Crippen LogP contribution is 2.38. The van der Waals surface area contributed by atoms with Crippen molar-refractivity contribution < 1.29 is 0 Å². The summed E-state index contributed by atoms with van der Waals surface area (Å²) in [6.07, 6.45) is 3.79. The zero-order valence-corrected chi connectivity index (χ0v) is 9.59. The van der Waals surface area contributed by atoms with E-state index in [1.165, 1.54) is 19.3 Å². The summed E-state index contributed by atoms with van der Waals surface area (Å²) in [4.78, 5) is 0. The Bertz CT molecular complexity index is 344. The lowest BCUT2D eigenvalue weighted by molar-refractivity contribution is 0.378. The van der Waals surface area contributed by atoms with Crippen molar-refractivity contribution in [3.8, 4) is 0 Å². The van der Waals surface area contributed by atoms with E-state index >= 15 is 0 Å². The van der Waals surface area contributed by atoms with Crippen molar-refractivity contribution in [3.05, 3.63) is 24.3 Å². The third-order valence-corrected chi connectivity index (χ3v) is 3.29. The van der Waals surface area contributed by atoms with Crippen LogP contribution in [0.4, 0.5) is 11.4 Å². The highest BCUT2D eigenvalue weighted by atomic mass is 14.9. The molecule has 82 valence electrons. The number of para-hydroxylation sites is 2. The van der Waals surface area contributed by atoms with Gasteiger partial charge in [0, 0.05) is 6.04 Å². The second-order valence-corrected chi connectivity index (χ2v) is 5.34. The third-order valence-electron chi connectivity index (χ3n) is 3.29. The number of rotatable bonds is 2. The SMILES string of the molecule is CC1(C)CCC(Nc2ccccc2N)C1. The van der Waals surface area contributed by atoms with Gasteiger partial charge in [0.25, 0.3) is 0 Å². The van der Waals surface area contributed by atoms with Crippen molar-refractivity contribution in [1.82, 2.24) is 0 Å². The van der Waals surface area contributed by atoms with Gasteiger partial charge in [-0.3, -0.25) is 0 Å². The van der Waals surface area contributed by atoms with E-state index < -0.39 is 0 Å². The van der Waals surface area contributed by atoms with Gasteiger partial charge in [-0.1, -0.05) is 26.0 Å². The molecular formula is C13H20N2. The van der Waals surface area contributed by atoms with Crippen LogP contribution in [0.3, 0.4) is 0 Å². The van der Waals surface area contributed by atoms with Gasteiger partial charge in [0.1, 0.15) is 0 Å². The van der Waals surface area contributed by atoms with Crippen LogP contribution in [-0.4, -0.2) is 6.04 Å². The molecule has 2 rings (SSSR count). The molecular weight excluding hydrogens is 184 g/mol. The summed E-state index contributed by atoms with van der Waals surface area (Å²) in [5.74, 6) is 0. The molecule has 1 aliphatic carbocycles. The topological polar surface area (TPSA) is 38.0 Å². The number of benzene rings is 1. The molecule has 1 atom stereocenters. The van der Waals surface area contributed by atoms with E-state index in [0.29, 0.717) is 11.5 Å². The number of nitrogens with two attached hydrogens (primary N) is 1. The molecule has 0 aromatic heterocycles. The van der Waals surface area contributed by atoms with Gasteiger partial charge in [0.2, 0.25) is 0 Å². The number of nitrogens with one attached hydrogen (secondary N) is 1. The van der Waals surface area contributed by atoms with E-state index in [9.17, 15) is 0 Å². The fourth-order valence-electron chi connectivity index (χ4n) is 2.41. The van der Waals surface area contributed by atoms with Crippen molar-refractivity contribution in [1.29, 1.82) is 0 Å². The zero-order valence-electron chi connectivity index (χ0n) is 9.59. The molecule has 1 unspecified atom stereocenters. The van der Waals surface area contributed by atoms with Gasteiger partial charge in [0.05, 0.1) is 11.4 Å². The van der Waals surface area contributed by atoms with Crippen molar-refractivity contribution in [3.63, 3.8) is 0 Å². The summed E-state index contributed by atoms with van der Waals surface area (Å²) in [6.45, 7) is 4.67. The maximum absolute atomic E-state index is 5.90. The number of hydrogen-bond acceptors (Lipinski definition) is 2. The fourth-order valence-corrected chi connectivity index (χ4v) is 2.41. The van der Waals surface area contributed by atoms with Crippen molar-refractivity contribution in [2.45, 2.75) is 39.2 Å². The first kappa shape index (κ1) is 10.3. The largest absolute Gasteiger partial charge is 0.397 e. The highest BCUT2D eigenvalue weighted by molar-refractivity contribution is 5.66. The minimum Gasteiger partial charge on any atom is -0.397 e. The summed E-state index contributed by atoms with van der Waals surface area (Å²) in [5.41, 5.74) is 8.32. The first-order valence-electron chi connectivity index (χ1n) is 5.68. The Morgan fingerprint density at radius 3 is 2.67 bits per heavy atom. The van der Waals surface area contributed by atoms with Crippen LogP contribution in [0.1, 0.15) is 33.1 Å². The molecule has 0 saturated heterocycles. The van der Waals surface area contributed by atoms with Gasteiger partial charge in [-0.05, 0) is 36.8 Å².